The van der Waals surface area contributed by atoms with Crippen LogP contribution < -0.4 is 5.32 Å². The summed E-state index contributed by atoms with van der Waals surface area (Å²) in [5.74, 6) is 0.144. The Labute approximate surface area is 108 Å². The van der Waals surface area contributed by atoms with E-state index in [1.54, 1.807) is 6.92 Å². The smallest absolute Gasteiger partial charge is 0.126 e. The predicted molar refractivity (Wildman–Crippen MR) is 69.6 cm³/mol. The van der Waals surface area contributed by atoms with E-state index in [1.807, 2.05) is 0 Å². The second-order valence-electron chi connectivity index (χ2n) is 5.51. The fourth-order valence-electron chi connectivity index (χ4n) is 2.65. The van der Waals surface area contributed by atoms with Gasteiger partial charge < -0.3 is 5.32 Å². The van der Waals surface area contributed by atoms with E-state index in [2.05, 4.69) is 12.2 Å². The number of hydrogen-bond donors (Lipinski definition) is 1. The maximum Gasteiger partial charge on any atom is 0.126 e. The molecule has 2 rings (SSSR count). The van der Waals surface area contributed by atoms with Gasteiger partial charge in [0.05, 0.1) is 0 Å². The molecule has 1 heterocycles. The molecule has 1 saturated heterocycles. The molecule has 1 N–H and O–H groups in total. The fourth-order valence-corrected chi connectivity index (χ4v) is 2.65. The molecule has 0 aromatic heterocycles. The van der Waals surface area contributed by atoms with Gasteiger partial charge in [0.2, 0.25) is 0 Å². The van der Waals surface area contributed by atoms with Crippen LogP contribution in [0.15, 0.2) is 12.1 Å². The lowest BCUT2D eigenvalue weighted by Gasteiger charge is -2.28. The number of nitrogens with one attached hydrogen (secondary N) is 1. The van der Waals surface area contributed by atoms with Gasteiger partial charge in [-0.2, -0.15) is 0 Å². The van der Waals surface area contributed by atoms with E-state index in [1.165, 1.54) is 18.6 Å². The lowest BCUT2D eigenvalue weighted by molar-refractivity contribution is 0.307. The Kier molecular flexibility index (Phi) is 4.33. The quantitative estimate of drug-likeness (QED) is 0.868. The maximum absolute atomic E-state index is 13.7. The van der Waals surface area contributed by atoms with Crippen molar-refractivity contribution in [1.29, 1.82) is 0 Å². The van der Waals surface area contributed by atoms with Crippen molar-refractivity contribution in [2.45, 2.75) is 45.6 Å². The molecule has 0 aliphatic carbocycles. The molecule has 0 saturated carbocycles. The number of benzene rings is 1. The highest BCUT2D eigenvalue weighted by molar-refractivity contribution is 5.25. The van der Waals surface area contributed by atoms with E-state index in [0.717, 1.165) is 25.3 Å². The zero-order valence-electron chi connectivity index (χ0n) is 11.1. The largest absolute Gasteiger partial charge is 0.314 e. The van der Waals surface area contributed by atoms with E-state index in [4.69, 9.17) is 0 Å². The maximum atomic E-state index is 13.7. The minimum atomic E-state index is -0.309. The summed E-state index contributed by atoms with van der Waals surface area (Å²) in [7, 11) is 0. The van der Waals surface area contributed by atoms with Crippen LogP contribution in [0.1, 0.15) is 37.3 Å². The molecule has 3 heteroatoms. The monoisotopic (exact) mass is 253 g/mol. The number of rotatable bonds is 3. The van der Waals surface area contributed by atoms with Gasteiger partial charge in [-0.25, -0.2) is 8.78 Å². The Morgan fingerprint density at radius 3 is 2.78 bits per heavy atom. The highest BCUT2D eigenvalue weighted by Crippen LogP contribution is 2.21. The van der Waals surface area contributed by atoms with Crippen molar-refractivity contribution in [3.8, 4) is 0 Å². The van der Waals surface area contributed by atoms with Gasteiger partial charge in [-0.3, -0.25) is 0 Å². The van der Waals surface area contributed by atoms with Crippen LogP contribution in [0.25, 0.3) is 0 Å². The lowest BCUT2D eigenvalue weighted by Crippen LogP contribution is -2.37. The zero-order chi connectivity index (χ0) is 13.1. The average molecular weight is 253 g/mol. The van der Waals surface area contributed by atoms with Gasteiger partial charge in [0.25, 0.3) is 0 Å². The van der Waals surface area contributed by atoms with Crippen LogP contribution in [0.2, 0.25) is 0 Å². The van der Waals surface area contributed by atoms with Gasteiger partial charge in [0, 0.05) is 6.04 Å². The topological polar surface area (TPSA) is 12.0 Å². The van der Waals surface area contributed by atoms with Crippen molar-refractivity contribution in [2.24, 2.45) is 5.92 Å². The van der Waals surface area contributed by atoms with Crippen LogP contribution >= 0.6 is 0 Å². The molecule has 1 aromatic rings. The molecule has 18 heavy (non-hydrogen) atoms. The summed E-state index contributed by atoms with van der Waals surface area (Å²) in [5, 5.41) is 3.45. The molecule has 0 amide bonds. The molecule has 1 aromatic carbocycles. The summed E-state index contributed by atoms with van der Waals surface area (Å²) in [4.78, 5) is 0. The van der Waals surface area contributed by atoms with E-state index in [0.29, 0.717) is 23.6 Å². The third-order valence-corrected chi connectivity index (χ3v) is 3.85. The standard InChI is InChI=1S/C15H21F2N/c1-10-5-6-18-13(7-10)4-3-12-9-14(16)11(2)8-15(12)17/h8-10,13,18H,3-7H2,1-2H3. The first-order valence-corrected chi connectivity index (χ1v) is 6.74. The summed E-state index contributed by atoms with van der Waals surface area (Å²) in [6.07, 6.45) is 3.83. The molecule has 100 valence electrons. The van der Waals surface area contributed by atoms with E-state index >= 15 is 0 Å². The number of aryl methyl sites for hydroxylation is 2. The highest BCUT2D eigenvalue weighted by Gasteiger charge is 2.18. The van der Waals surface area contributed by atoms with Gasteiger partial charge in [0.15, 0.2) is 0 Å². The van der Waals surface area contributed by atoms with Crippen molar-refractivity contribution in [3.05, 3.63) is 34.9 Å². The average Bonchev–Trinajstić information content (AvgIpc) is 2.32. The predicted octanol–water partition coefficient (Wildman–Crippen LogP) is 3.59. The Morgan fingerprint density at radius 2 is 2.06 bits per heavy atom. The van der Waals surface area contributed by atoms with Crippen LogP contribution in [0.5, 0.6) is 0 Å². The number of hydrogen-bond acceptors (Lipinski definition) is 1. The lowest BCUT2D eigenvalue weighted by atomic mass is 9.90. The van der Waals surface area contributed by atoms with Gasteiger partial charge in [0.1, 0.15) is 11.6 Å². The third kappa shape index (κ3) is 3.29. The first-order chi connectivity index (χ1) is 8.56. The minimum absolute atomic E-state index is 0.280. The summed E-state index contributed by atoms with van der Waals surface area (Å²) >= 11 is 0. The van der Waals surface area contributed by atoms with E-state index in [9.17, 15) is 8.78 Å². The fraction of sp³-hybridized carbons (Fsp3) is 0.600. The third-order valence-electron chi connectivity index (χ3n) is 3.85. The van der Waals surface area contributed by atoms with Crippen LogP contribution in [0.4, 0.5) is 8.78 Å². The Morgan fingerprint density at radius 1 is 1.28 bits per heavy atom. The van der Waals surface area contributed by atoms with E-state index < -0.39 is 0 Å². The van der Waals surface area contributed by atoms with Crippen LogP contribution in [0.3, 0.4) is 0 Å². The minimum Gasteiger partial charge on any atom is -0.314 e. The van der Waals surface area contributed by atoms with Gasteiger partial charge in [-0.05, 0) is 68.3 Å². The highest BCUT2D eigenvalue weighted by atomic mass is 19.1. The molecular weight excluding hydrogens is 232 g/mol. The van der Waals surface area contributed by atoms with Gasteiger partial charge in [-0.1, -0.05) is 6.92 Å². The van der Waals surface area contributed by atoms with E-state index in [-0.39, 0.29) is 11.6 Å². The molecule has 2 unspecified atom stereocenters. The Balaban J connectivity index is 1.95. The first-order valence-electron chi connectivity index (χ1n) is 6.74. The van der Waals surface area contributed by atoms with Crippen molar-refractivity contribution < 1.29 is 8.78 Å². The molecule has 1 aliphatic rings. The summed E-state index contributed by atoms with van der Waals surface area (Å²) < 4.78 is 27.1. The van der Waals surface area contributed by atoms with Crippen molar-refractivity contribution >= 4 is 0 Å². The van der Waals surface area contributed by atoms with Gasteiger partial charge in [-0.15, -0.1) is 0 Å². The van der Waals surface area contributed by atoms with Crippen molar-refractivity contribution in [2.75, 3.05) is 6.54 Å². The SMILES string of the molecule is Cc1cc(F)c(CCC2CC(C)CCN2)cc1F. The van der Waals surface area contributed by atoms with Crippen LogP contribution in [-0.2, 0) is 6.42 Å². The molecule has 0 bridgehead atoms. The summed E-state index contributed by atoms with van der Waals surface area (Å²) in [6.45, 7) is 4.88. The number of piperidine rings is 1. The molecule has 0 spiro atoms. The first kappa shape index (κ1) is 13.5. The summed E-state index contributed by atoms with van der Waals surface area (Å²) in [5.41, 5.74) is 0.874. The van der Waals surface area contributed by atoms with Crippen LogP contribution in [-0.4, -0.2) is 12.6 Å². The summed E-state index contributed by atoms with van der Waals surface area (Å²) in [6, 6.07) is 3.08. The second-order valence-corrected chi connectivity index (χ2v) is 5.51. The molecule has 1 nitrogen and oxygen atoms in total. The van der Waals surface area contributed by atoms with Gasteiger partial charge >= 0.3 is 0 Å². The Hall–Kier alpha value is -0.960. The number of halogens is 2. The second kappa shape index (κ2) is 5.79. The molecular formula is C15H21F2N. The van der Waals surface area contributed by atoms with Crippen molar-refractivity contribution in [1.82, 2.24) is 5.32 Å². The normalized spacial score (nSPS) is 24.2. The molecule has 2 atom stereocenters. The molecule has 1 aliphatic heterocycles. The molecule has 0 radical (unpaired) electrons. The Bertz CT molecular complexity index is 417. The van der Waals surface area contributed by atoms with Crippen LogP contribution in [0, 0.1) is 24.5 Å². The molecule has 1 fully saturated rings. The van der Waals surface area contributed by atoms with Crippen molar-refractivity contribution in [3.63, 3.8) is 0 Å². The zero-order valence-corrected chi connectivity index (χ0v) is 11.1.